The van der Waals surface area contributed by atoms with Gasteiger partial charge in [-0.1, -0.05) is 82.8 Å². The number of carbonyl (C=O) groups excluding carboxylic acids is 2. The normalized spacial score (nSPS) is 14.2. The van der Waals surface area contributed by atoms with Crippen LogP contribution in [-0.2, 0) is 69.8 Å². The number of nitrogens with zero attached hydrogens (tertiary/aromatic N) is 4. The summed E-state index contributed by atoms with van der Waals surface area (Å²) < 4.78 is 59.6. The largest absolute Gasteiger partial charge is 0.491 e. The number of halogens is 4. The van der Waals surface area contributed by atoms with Crippen LogP contribution < -0.4 is 10.1 Å². The first-order chi connectivity index (χ1) is 41.9. The molecule has 4 aromatic rings. The number of amides is 2. The highest BCUT2D eigenvalue weighted by atomic mass is 35.5. The maximum atomic E-state index is 13.3. The Morgan fingerprint density at radius 2 is 0.779 bits per heavy atom. The smallest absolute Gasteiger partial charge is 0.227 e. The van der Waals surface area contributed by atoms with Crippen LogP contribution in [0, 0.1) is 0 Å². The summed E-state index contributed by atoms with van der Waals surface area (Å²) in [5.74, 6) is 0.832. The number of carbonyl (C=O) groups is 2. The molecule has 86 heavy (non-hydrogen) atoms. The summed E-state index contributed by atoms with van der Waals surface area (Å²) >= 11 is 24.5. The fourth-order valence-corrected chi connectivity index (χ4v) is 10.1. The Morgan fingerprint density at radius 3 is 1.14 bits per heavy atom. The molecule has 22 heteroatoms. The van der Waals surface area contributed by atoms with E-state index in [1.807, 2.05) is 60.3 Å². The van der Waals surface area contributed by atoms with E-state index in [4.69, 9.17) is 98.5 Å². The van der Waals surface area contributed by atoms with Crippen LogP contribution in [0.3, 0.4) is 0 Å². The molecule has 2 aliphatic heterocycles. The molecule has 0 saturated carbocycles. The number of hydrogen-bond acceptors (Lipinski definition) is 16. The molecular weight excluding hydrogens is 1190 g/mol. The van der Waals surface area contributed by atoms with Gasteiger partial charge in [-0.15, -0.1) is 0 Å². The molecule has 0 bridgehead atoms. The second-order valence-electron chi connectivity index (χ2n) is 20.8. The number of rotatable bonds is 44. The number of hydrogen-bond donors (Lipinski definition) is 1. The van der Waals surface area contributed by atoms with Crippen LogP contribution >= 0.6 is 46.4 Å². The van der Waals surface area contributed by atoms with E-state index in [0.717, 1.165) is 73.0 Å². The van der Waals surface area contributed by atoms with Gasteiger partial charge in [-0.05, 0) is 123 Å². The van der Waals surface area contributed by atoms with Gasteiger partial charge in [0.05, 0.1) is 164 Å². The fraction of sp³-hybridized carbons (Fsp3) is 0.594. The highest BCUT2D eigenvalue weighted by Gasteiger charge is 2.28. The Balaban J connectivity index is 0.000000314. The van der Waals surface area contributed by atoms with Gasteiger partial charge in [-0.25, -0.2) is 0 Å². The second kappa shape index (κ2) is 44.5. The Kier molecular flexibility index (Phi) is 37.7. The van der Waals surface area contributed by atoms with Gasteiger partial charge >= 0.3 is 0 Å². The fourth-order valence-electron chi connectivity index (χ4n) is 9.47. The number of anilines is 1. The van der Waals surface area contributed by atoms with Crippen LogP contribution in [0.4, 0.5) is 5.69 Å². The van der Waals surface area contributed by atoms with E-state index in [-0.39, 0.29) is 36.7 Å². The van der Waals surface area contributed by atoms with E-state index in [1.165, 1.54) is 25.7 Å². The van der Waals surface area contributed by atoms with Crippen molar-refractivity contribution in [1.82, 2.24) is 19.6 Å². The molecule has 2 aliphatic rings. The first-order valence-electron chi connectivity index (χ1n) is 30.0. The van der Waals surface area contributed by atoms with Crippen molar-refractivity contribution in [3.05, 3.63) is 127 Å². The zero-order chi connectivity index (χ0) is 61.4. The van der Waals surface area contributed by atoms with E-state index < -0.39 is 0 Å². The van der Waals surface area contributed by atoms with Gasteiger partial charge in [-0.2, -0.15) is 0 Å². The SMILES string of the molecule is COCCOCCOCCOCCOCCNc1ccc([C@@H](CN2CCCC2)N(C)C(=O)Cc2ccc(Cl)c(Cl)c2)cc1.COCCOCCOCCOCCOCCOc1ccc([C@@H](CN2CCCC2)N(C)C(=O)Cc2ccc(Cl)c(Cl)c2)cc1. The van der Waals surface area contributed by atoms with Crippen molar-refractivity contribution in [3.63, 3.8) is 0 Å². The van der Waals surface area contributed by atoms with Crippen molar-refractivity contribution in [2.45, 2.75) is 50.6 Å². The topological polar surface area (TPSA) is 161 Å². The minimum atomic E-state index is -0.0783. The van der Waals surface area contributed by atoms with E-state index in [9.17, 15) is 9.59 Å². The van der Waals surface area contributed by atoms with Gasteiger partial charge in [0.1, 0.15) is 12.4 Å². The predicted octanol–water partition coefficient (Wildman–Crippen LogP) is 9.88. The third-order valence-corrected chi connectivity index (χ3v) is 15.9. The maximum absolute atomic E-state index is 13.3. The minimum Gasteiger partial charge on any atom is -0.491 e. The standard InChI is InChI=1S/C32H47Cl2N3O6.C32H46Cl2N2O7/c1-36(32(38)24-26-5-10-29(33)30(34)23-26)31(25-37-12-3-4-13-37)27-6-8-28(9-7-27)35-11-14-40-17-18-42-21-22-43-20-19-41-16-15-39-2;1-35(32(37)24-26-5-10-29(33)30(34)23-26)31(25-36-11-3-4-12-36)27-6-8-28(9-7-27)43-22-21-42-20-19-41-18-17-40-16-15-39-14-13-38-2/h5-10,23,31,35H,3-4,11-22,24-25H2,1-2H3;5-10,23,31H,3-4,11-22,24-25H2,1-2H3/t2*31-/m11/s1. The quantitative estimate of drug-likeness (QED) is 0.0417. The van der Waals surface area contributed by atoms with E-state index >= 15 is 0 Å². The molecule has 6 rings (SSSR count). The van der Waals surface area contributed by atoms with E-state index in [0.29, 0.717) is 152 Å². The Labute approximate surface area is 531 Å². The maximum Gasteiger partial charge on any atom is 0.227 e. The van der Waals surface area contributed by atoms with Gasteiger partial charge in [0.15, 0.2) is 0 Å². The number of nitrogens with one attached hydrogen (secondary N) is 1. The van der Waals surface area contributed by atoms with Crippen LogP contribution in [0.2, 0.25) is 20.1 Å². The average Bonchev–Trinajstić information content (AvgIpc) is 4.29. The Bertz CT molecular complexity index is 2280. The second-order valence-corrected chi connectivity index (χ2v) is 22.4. The van der Waals surface area contributed by atoms with Crippen LogP contribution in [-0.4, -0.2) is 231 Å². The van der Waals surface area contributed by atoms with Gasteiger partial charge < -0.3 is 77.0 Å². The van der Waals surface area contributed by atoms with Crippen molar-refractivity contribution in [1.29, 1.82) is 0 Å². The molecule has 2 heterocycles. The number of ether oxygens (including phenoxy) is 11. The van der Waals surface area contributed by atoms with Crippen molar-refractivity contribution in [3.8, 4) is 5.75 Å². The lowest BCUT2D eigenvalue weighted by Crippen LogP contribution is -2.39. The van der Waals surface area contributed by atoms with Gasteiger partial charge in [0, 0.05) is 53.6 Å². The summed E-state index contributed by atoms with van der Waals surface area (Å²) in [5.41, 5.74) is 4.88. The molecule has 0 aromatic heterocycles. The summed E-state index contributed by atoms with van der Waals surface area (Å²) in [4.78, 5) is 35.2. The van der Waals surface area contributed by atoms with E-state index in [2.05, 4.69) is 39.4 Å². The first kappa shape index (κ1) is 72.8. The lowest BCUT2D eigenvalue weighted by atomic mass is 10.0. The molecule has 18 nitrogen and oxygen atoms in total. The summed E-state index contributed by atoms with van der Waals surface area (Å²) in [6, 6.07) is 26.9. The van der Waals surface area contributed by atoms with Crippen LogP contribution in [0.1, 0.15) is 60.0 Å². The highest BCUT2D eigenvalue weighted by Crippen LogP contribution is 2.29. The molecule has 2 saturated heterocycles. The molecule has 4 aromatic carbocycles. The molecule has 0 unspecified atom stereocenters. The van der Waals surface area contributed by atoms with Gasteiger partial charge in [0.2, 0.25) is 11.8 Å². The number of likely N-dealkylation sites (N-methyl/N-ethyl adjacent to an activating group) is 2. The van der Waals surface area contributed by atoms with Crippen LogP contribution in [0.25, 0.3) is 0 Å². The van der Waals surface area contributed by atoms with Crippen LogP contribution in [0.5, 0.6) is 5.75 Å². The third-order valence-electron chi connectivity index (χ3n) is 14.4. The number of likely N-dealkylation sites (tertiary alicyclic amines) is 2. The molecule has 2 atom stereocenters. The molecule has 1 N–H and O–H groups in total. The highest BCUT2D eigenvalue weighted by molar-refractivity contribution is 6.42. The average molecular weight is 1280 g/mol. The third kappa shape index (κ3) is 29.6. The van der Waals surface area contributed by atoms with Crippen molar-refractivity contribution < 1.29 is 61.7 Å². The predicted molar refractivity (Wildman–Crippen MR) is 340 cm³/mol. The first-order valence-corrected chi connectivity index (χ1v) is 31.5. The number of methoxy groups -OCH3 is 2. The summed E-state index contributed by atoms with van der Waals surface area (Å²) in [7, 11) is 7.06. The zero-order valence-electron chi connectivity index (χ0n) is 51.0. The molecule has 2 fully saturated rings. The summed E-state index contributed by atoms with van der Waals surface area (Å²) in [6.07, 6.45) is 5.31. The molecule has 2 amide bonds. The molecule has 480 valence electrons. The summed E-state index contributed by atoms with van der Waals surface area (Å²) in [5, 5.41) is 5.28. The van der Waals surface area contributed by atoms with E-state index in [1.54, 1.807) is 38.5 Å². The Hall–Kier alpha value is -3.90. The van der Waals surface area contributed by atoms with Crippen molar-refractivity contribution in [2.75, 3.05) is 205 Å². The lowest BCUT2D eigenvalue weighted by molar-refractivity contribution is -0.132. The Morgan fingerprint density at radius 1 is 0.442 bits per heavy atom. The molecular formula is C64H93Cl4N5O13. The van der Waals surface area contributed by atoms with Crippen molar-refractivity contribution in [2.24, 2.45) is 0 Å². The molecule has 0 spiro atoms. The van der Waals surface area contributed by atoms with Crippen molar-refractivity contribution >= 4 is 63.9 Å². The zero-order valence-corrected chi connectivity index (χ0v) is 54.0. The summed E-state index contributed by atoms with van der Waals surface area (Å²) in [6.45, 7) is 16.6. The lowest BCUT2D eigenvalue weighted by Gasteiger charge is -2.32. The van der Waals surface area contributed by atoms with Gasteiger partial charge in [-0.3, -0.25) is 9.59 Å². The van der Waals surface area contributed by atoms with Crippen LogP contribution in [0.15, 0.2) is 84.9 Å². The monoisotopic (exact) mass is 1280 g/mol. The van der Waals surface area contributed by atoms with Gasteiger partial charge in [0.25, 0.3) is 0 Å². The minimum absolute atomic E-state index is 0.0277. The number of benzene rings is 4. The molecule has 0 aliphatic carbocycles. The molecule has 0 radical (unpaired) electrons.